The van der Waals surface area contributed by atoms with Crippen molar-refractivity contribution in [2.75, 3.05) is 13.1 Å². The van der Waals surface area contributed by atoms with E-state index in [9.17, 15) is 26.4 Å². The molecule has 3 N–H and O–H groups in total. The van der Waals surface area contributed by atoms with Crippen LogP contribution in [-0.2, 0) is 19.6 Å². The van der Waals surface area contributed by atoms with Crippen LogP contribution in [0.5, 0.6) is 17.2 Å². The Hall–Kier alpha value is -2.87. The van der Waals surface area contributed by atoms with Gasteiger partial charge in [-0.2, -0.15) is 10.8 Å². The highest BCUT2D eigenvalue weighted by Gasteiger charge is 2.54. The van der Waals surface area contributed by atoms with Crippen LogP contribution >= 0.6 is 0 Å². The molecule has 0 radical (unpaired) electrons. The van der Waals surface area contributed by atoms with Gasteiger partial charge in [-0.15, -0.1) is 13.2 Å². The highest BCUT2D eigenvalue weighted by molar-refractivity contribution is 7.93. The number of nitrogens with one attached hydrogen (secondary N) is 1. The zero-order chi connectivity index (χ0) is 25.3. The topological polar surface area (TPSA) is 120 Å². The van der Waals surface area contributed by atoms with Crippen molar-refractivity contribution in [3.8, 4) is 17.2 Å². The summed E-state index contributed by atoms with van der Waals surface area (Å²) in [6, 6.07) is 10.6. The molecule has 9 nitrogen and oxygen atoms in total. The molecule has 1 amide bonds. The van der Waals surface area contributed by atoms with E-state index in [1.54, 1.807) is 0 Å². The molecule has 1 saturated heterocycles. The van der Waals surface area contributed by atoms with E-state index in [-0.39, 0.29) is 29.2 Å². The normalized spacial score (nSPS) is 18.6. The van der Waals surface area contributed by atoms with Gasteiger partial charge in [0.2, 0.25) is 0 Å². The first kappa shape index (κ1) is 25.2. The second-order valence-corrected chi connectivity index (χ2v) is 10.7. The number of amides is 1. The van der Waals surface area contributed by atoms with Gasteiger partial charge in [-0.1, -0.05) is 0 Å². The molecular formula is C22H24F3N3O6S. The summed E-state index contributed by atoms with van der Waals surface area (Å²) in [6.07, 6.45) is -2.49. The first-order valence-electron chi connectivity index (χ1n) is 10.8. The van der Waals surface area contributed by atoms with Crippen molar-refractivity contribution in [1.82, 2.24) is 10.4 Å². The molecule has 13 heteroatoms. The highest BCUT2D eigenvalue weighted by atomic mass is 32.2. The lowest BCUT2D eigenvalue weighted by atomic mass is 9.94. The van der Waals surface area contributed by atoms with Crippen LogP contribution in [0.3, 0.4) is 0 Å². The van der Waals surface area contributed by atoms with Gasteiger partial charge in [0.1, 0.15) is 17.2 Å². The average molecular weight is 516 g/mol. The summed E-state index contributed by atoms with van der Waals surface area (Å²) in [7, 11) is -4.14. The maximum atomic E-state index is 13.6. The number of hydroxylamine groups is 1. The van der Waals surface area contributed by atoms with Crippen molar-refractivity contribution < 1.29 is 40.8 Å². The number of likely N-dealkylation sites (tertiary alicyclic amines) is 1. The molecule has 0 atom stereocenters. The van der Waals surface area contributed by atoms with Crippen LogP contribution < -0.4 is 20.9 Å². The third-order valence-corrected chi connectivity index (χ3v) is 8.69. The fraction of sp³-hybridized carbons (Fsp3) is 0.409. The smallest absolute Gasteiger partial charge is 0.457 e. The van der Waals surface area contributed by atoms with E-state index in [4.69, 9.17) is 10.6 Å². The minimum absolute atomic E-state index is 0.0779. The number of halogens is 3. The molecule has 1 aliphatic heterocycles. The largest absolute Gasteiger partial charge is 0.573 e. The summed E-state index contributed by atoms with van der Waals surface area (Å²) in [4.78, 5) is 19.2. The number of ether oxygens (including phenoxy) is 2. The van der Waals surface area contributed by atoms with Gasteiger partial charge in [0.05, 0.1) is 4.90 Å². The SMILES string of the molecule is NONC(=O)C1(S(=O)(=O)c2ccc(Oc3ccc(OC(F)(F)F)cc3)cc2)CCN(C2CC2)CC1. The first-order chi connectivity index (χ1) is 16.5. The van der Waals surface area contributed by atoms with Gasteiger partial charge in [-0.05, 0) is 74.2 Å². The van der Waals surface area contributed by atoms with Crippen molar-refractivity contribution in [1.29, 1.82) is 0 Å². The van der Waals surface area contributed by atoms with Crippen LogP contribution in [0.25, 0.3) is 0 Å². The Kier molecular flexibility index (Phi) is 6.95. The summed E-state index contributed by atoms with van der Waals surface area (Å²) < 4.78 is 71.8. The summed E-state index contributed by atoms with van der Waals surface area (Å²) in [5.41, 5.74) is 1.99. The molecule has 1 aliphatic carbocycles. The maximum Gasteiger partial charge on any atom is 0.573 e. The fourth-order valence-corrected chi connectivity index (χ4v) is 6.16. The minimum atomic E-state index is -4.80. The number of nitrogens with zero attached hydrogens (tertiary/aromatic N) is 1. The number of alkyl halides is 3. The van der Waals surface area contributed by atoms with Gasteiger partial charge < -0.3 is 14.4 Å². The second kappa shape index (κ2) is 9.64. The summed E-state index contributed by atoms with van der Waals surface area (Å²) in [6.45, 7) is 0.911. The van der Waals surface area contributed by atoms with Gasteiger partial charge in [0.25, 0.3) is 5.91 Å². The molecule has 190 valence electrons. The Morgan fingerprint density at radius 3 is 1.97 bits per heavy atom. The van der Waals surface area contributed by atoms with Gasteiger partial charge in [-0.25, -0.2) is 13.9 Å². The lowest BCUT2D eigenvalue weighted by Crippen LogP contribution is -2.58. The molecule has 0 spiro atoms. The third-order valence-electron chi connectivity index (χ3n) is 6.18. The van der Waals surface area contributed by atoms with E-state index in [1.165, 1.54) is 36.4 Å². The minimum Gasteiger partial charge on any atom is -0.457 e. The second-order valence-electron chi connectivity index (χ2n) is 8.41. The van der Waals surface area contributed by atoms with Crippen molar-refractivity contribution in [3.63, 3.8) is 0 Å². The van der Waals surface area contributed by atoms with Crippen LogP contribution in [0.1, 0.15) is 25.7 Å². The van der Waals surface area contributed by atoms with Gasteiger partial charge in [0, 0.05) is 19.1 Å². The average Bonchev–Trinajstić information content (AvgIpc) is 3.65. The van der Waals surface area contributed by atoms with Crippen LogP contribution in [0.15, 0.2) is 53.4 Å². The van der Waals surface area contributed by atoms with Crippen LogP contribution in [0, 0.1) is 0 Å². The molecule has 1 saturated carbocycles. The van der Waals surface area contributed by atoms with Gasteiger partial charge >= 0.3 is 6.36 Å². The van der Waals surface area contributed by atoms with Crippen LogP contribution in [-0.4, -0.2) is 49.5 Å². The number of carbonyl (C=O) groups excluding carboxylic acids is 1. The summed E-state index contributed by atoms with van der Waals surface area (Å²) in [5, 5.41) is 0. The van der Waals surface area contributed by atoms with E-state index in [0.717, 1.165) is 25.0 Å². The number of benzene rings is 2. The quantitative estimate of drug-likeness (QED) is 0.515. The molecule has 0 aromatic heterocycles. The molecule has 4 rings (SSSR count). The third kappa shape index (κ3) is 5.53. The van der Waals surface area contributed by atoms with Crippen molar-refractivity contribution in [2.45, 2.75) is 47.7 Å². The number of piperidine rings is 1. The van der Waals surface area contributed by atoms with E-state index in [2.05, 4.69) is 14.6 Å². The van der Waals surface area contributed by atoms with E-state index in [0.29, 0.717) is 19.1 Å². The predicted molar refractivity (Wildman–Crippen MR) is 117 cm³/mol. The number of hydrogen-bond acceptors (Lipinski definition) is 8. The standard InChI is InChI=1S/C22H24F3N3O6S/c23-22(24,25)33-18-5-3-16(4-6-18)32-17-7-9-19(10-8-17)35(30,31)21(20(29)27-34-26)11-13-28(14-12-21)15-1-2-15/h3-10,15H,1-2,11-14,26H2,(H,27,29). The Morgan fingerprint density at radius 2 is 1.49 bits per heavy atom. The van der Waals surface area contributed by atoms with E-state index >= 15 is 0 Å². The number of nitrogens with two attached hydrogens (primary N) is 1. The molecular weight excluding hydrogens is 491 g/mol. The van der Waals surface area contributed by atoms with Crippen molar-refractivity contribution in [2.24, 2.45) is 5.90 Å². The van der Waals surface area contributed by atoms with E-state index < -0.39 is 32.6 Å². The highest BCUT2D eigenvalue weighted by Crippen LogP contribution is 2.40. The molecule has 0 unspecified atom stereocenters. The molecule has 35 heavy (non-hydrogen) atoms. The number of carbonyl (C=O) groups is 1. The Bertz CT molecular complexity index is 1140. The first-order valence-corrected chi connectivity index (χ1v) is 12.3. The number of hydrogen-bond donors (Lipinski definition) is 2. The number of rotatable bonds is 8. The Labute approximate surface area is 199 Å². The molecule has 1 heterocycles. The summed E-state index contributed by atoms with van der Waals surface area (Å²) >= 11 is 0. The molecule has 2 aromatic carbocycles. The summed E-state index contributed by atoms with van der Waals surface area (Å²) in [5.74, 6) is 4.23. The predicted octanol–water partition coefficient (Wildman–Crippen LogP) is 3.07. The van der Waals surface area contributed by atoms with Gasteiger partial charge in [-0.3, -0.25) is 4.79 Å². The zero-order valence-corrected chi connectivity index (χ0v) is 19.3. The maximum absolute atomic E-state index is 13.6. The molecule has 2 aromatic rings. The van der Waals surface area contributed by atoms with Crippen molar-refractivity contribution >= 4 is 15.7 Å². The Morgan fingerprint density at radius 1 is 0.971 bits per heavy atom. The lowest BCUT2D eigenvalue weighted by Gasteiger charge is -2.39. The molecule has 2 fully saturated rings. The Balaban J connectivity index is 1.50. The molecule has 2 aliphatic rings. The molecule has 0 bridgehead atoms. The van der Waals surface area contributed by atoms with Crippen LogP contribution in [0.4, 0.5) is 13.2 Å². The fourth-order valence-electron chi connectivity index (χ4n) is 4.21. The lowest BCUT2D eigenvalue weighted by molar-refractivity contribution is -0.274. The number of sulfone groups is 1. The van der Waals surface area contributed by atoms with E-state index in [1.807, 2.05) is 5.48 Å². The van der Waals surface area contributed by atoms with Crippen LogP contribution in [0.2, 0.25) is 0 Å². The van der Waals surface area contributed by atoms with Gasteiger partial charge in [0.15, 0.2) is 14.6 Å². The van der Waals surface area contributed by atoms with Crippen molar-refractivity contribution in [3.05, 3.63) is 48.5 Å². The monoisotopic (exact) mass is 515 g/mol. The zero-order valence-electron chi connectivity index (χ0n) is 18.5.